The van der Waals surface area contributed by atoms with Crippen LogP contribution in [0.1, 0.15) is 0 Å². The van der Waals surface area contributed by atoms with Crippen LogP contribution in [0.25, 0.3) is 72.4 Å². The fourth-order valence-electron chi connectivity index (χ4n) is 5.71. The van der Waals surface area contributed by atoms with Crippen molar-refractivity contribution in [3.05, 3.63) is 146 Å². The van der Waals surface area contributed by atoms with Gasteiger partial charge in [-0.1, -0.05) is 133 Å². The molecule has 192 valence electrons. The Morgan fingerprint density at radius 1 is 0.366 bits per heavy atom. The normalized spacial score (nSPS) is 11.4. The van der Waals surface area contributed by atoms with Crippen LogP contribution in [0.5, 0.6) is 0 Å². The molecule has 0 N–H and O–H groups in total. The number of hydrogen-bond donors (Lipinski definition) is 0. The van der Waals surface area contributed by atoms with E-state index in [1.807, 2.05) is 36.4 Å². The van der Waals surface area contributed by atoms with Crippen LogP contribution in [0.3, 0.4) is 0 Å². The lowest BCUT2D eigenvalue weighted by Crippen LogP contribution is -2.06. The molecule has 0 unspecified atom stereocenters. The van der Waals surface area contributed by atoms with E-state index in [1.165, 1.54) is 27.1 Å². The third kappa shape index (κ3) is 3.97. The van der Waals surface area contributed by atoms with Gasteiger partial charge in [0.1, 0.15) is 0 Å². The van der Waals surface area contributed by atoms with Gasteiger partial charge in [0.2, 0.25) is 5.95 Å². The van der Waals surface area contributed by atoms with Crippen molar-refractivity contribution in [1.29, 1.82) is 0 Å². The molecule has 0 radical (unpaired) electrons. The summed E-state index contributed by atoms with van der Waals surface area (Å²) in [5.41, 5.74) is 6.36. The molecule has 2 aromatic heterocycles. The molecule has 0 saturated carbocycles. The highest BCUT2D eigenvalue weighted by Gasteiger charge is 2.19. The summed E-state index contributed by atoms with van der Waals surface area (Å²) in [7, 11) is 0. The Kier molecular flexibility index (Phi) is 5.42. The smallest absolute Gasteiger partial charge is 0.238 e. The predicted octanol–water partition coefficient (Wildman–Crippen LogP) is 9.12. The Balaban J connectivity index is 1.38. The van der Waals surface area contributed by atoms with Crippen LogP contribution < -0.4 is 0 Å². The first-order valence-corrected chi connectivity index (χ1v) is 13.7. The van der Waals surface area contributed by atoms with Crippen molar-refractivity contribution in [2.75, 3.05) is 0 Å². The van der Waals surface area contributed by atoms with Gasteiger partial charge < -0.3 is 0 Å². The van der Waals surface area contributed by atoms with E-state index in [2.05, 4.69) is 114 Å². The van der Waals surface area contributed by atoms with Gasteiger partial charge in [-0.15, -0.1) is 0 Å². The summed E-state index contributed by atoms with van der Waals surface area (Å²) in [6.07, 6.45) is 0. The maximum atomic E-state index is 5.10. The minimum Gasteiger partial charge on any atom is -0.278 e. The van der Waals surface area contributed by atoms with Gasteiger partial charge in [-0.3, -0.25) is 4.57 Å². The van der Waals surface area contributed by atoms with E-state index < -0.39 is 0 Å². The van der Waals surface area contributed by atoms with Gasteiger partial charge >= 0.3 is 0 Å². The molecule has 0 aliphatic carbocycles. The predicted molar refractivity (Wildman–Crippen MR) is 168 cm³/mol. The van der Waals surface area contributed by atoms with E-state index in [1.54, 1.807) is 0 Å². The maximum absolute atomic E-state index is 5.10. The van der Waals surface area contributed by atoms with Crippen molar-refractivity contribution in [2.24, 2.45) is 0 Å². The number of aromatic nitrogens is 4. The molecule has 4 nitrogen and oxygen atoms in total. The lowest BCUT2D eigenvalue weighted by atomic mass is 10.0. The van der Waals surface area contributed by atoms with E-state index >= 15 is 0 Å². The monoisotopic (exact) mass is 524 g/mol. The summed E-state index contributed by atoms with van der Waals surface area (Å²) in [6.45, 7) is 0. The fraction of sp³-hybridized carbons (Fsp3) is 0. The second-order valence-electron chi connectivity index (χ2n) is 10.1. The van der Waals surface area contributed by atoms with Crippen molar-refractivity contribution in [3.8, 4) is 39.9 Å². The van der Waals surface area contributed by atoms with Crippen LogP contribution in [0.15, 0.2) is 146 Å². The van der Waals surface area contributed by atoms with Crippen molar-refractivity contribution in [2.45, 2.75) is 0 Å². The Bertz CT molecular complexity index is 2180. The summed E-state index contributed by atoms with van der Waals surface area (Å²) in [5, 5.41) is 4.81. The molecule has 2 heterocycles. The average molecular weight is 525 g/mol. The van der Waals surface area contributed by atoms with Crippen LogP contribution in [0.4, 0.5) is 0 Å². The third-order valence-corrected chi connectivity index (χ3v) is 7.67. The first-order valence-electron chi connectivity index (χ1n) is 13.7. The molecule has 0 aliphatic rings. The molecular formula is C37H24N4. The average Bonchev–Trinajstić information content (AvgIpc) is 3.40. The van der Waals surface area contributed by atoms with Crippen LogP contribution in [-0.2, 0) is 0 Å². The first kappa shape index (κ1) is 23.3. The Morgan fingerprint density at radius 2 is 0.902 bits per heavy atom. The third-order valence-electron chi connectivity index (χ3n) is 7.67. The summed E-state index contributed by atoms with van der Waals surface area (Å²) in [5.74, 6) is 1.88. The Morgan fingerprint density at radius 3 is 1.63 bits per heavy atom. The van der Waals surface area contributed by atoms with Gasteiger partial charge in [-0.25, -0.2) is 4.98 Å². The molecule has 0 amide bonds. The summed E-state index contributed by atoms with van der Waals surface area (Å²) in [4.78, 5) is 15.1. The molecule has 0 aliphatic heterocycles. The highest BCUT2D eigenvalue weighted by atomic mass is 15.2. The number of para-hydroxylation sites is 1. The summed E-state index contributed by atoms with van der Waals surface area (Å²) in [6, 6.07) is 50.3. The standard InChI is InChI=1S/C37H24N4/c1-3-11-25(12-4-1)26-19-21-29(22-20-26)36-38-35(28-14-5-2-6-15-28)39-37(40-36)41-32-18-10-9-17-31(32)34-30-16-8-7-13-27(30)23-24-33(34)41/h1-24H. The zero-order valence-corrected chi connectivity index (χ0v) is 22.1. The molecule has 6 aromatic carbocycles. The molecule has 41 heavy (non-hydrogen) atoms. The fourth-order valence-corrected chi connectivity index (χ4v) is 5.71. The van der Waals surface area contributed by atoms with E-state index in [-0.39, 0.29) is 0 Å². The summed E-state index contributed by atoms with van der Waals surface area (Å²) < 4.78 is 2.17. The zero-order chi connectivity index (χ0) is 27.2. The Hall–Kier alpha value is -5.61. The SMILES string of the molecule is c1ccc(-c2ccc(-c3nc(-c4ccccc4)nc(-n4c5ccccc5c5c6ccccc6ccc54)n3)cc2)cc1. The quantitative estimate of drug-likeness (QED) is 0.231. The van der Waals surface area contributed by atoms with Gasteiger partial charge in [0.05, 0.1) is 11.0 Å². The van der Waals surface area contributed by atoms with Gasteiger partial charge in [0.25, 0.3) is 0 Å². The number of benzene rings is 6. The molecule has 0 atom stereocenters. The topological polar surface area (TPSA) is 43.6 Å². The van der Waals surface area contributed by atoms with Crippen LogP contribution in [-0.4, -0.2) is 19.5 Å². The van der Waals surface area contributed by atoms with E-state index in [4.69, 9.17) is 15.0 Å². The molecule has 8 aromatic rings. The highest BCUT2D eigenvalue weighted by molar-refractivity contribution is 6.21. The van der Waals surface area contributed by atoms with E-state index in [0.717, 1.165) is 27.7 Å². The van der Waals surface area contributed by atoms with Crippen LogP contribution >= 0.6 is 0 Å². The minimum atomic E-state index is 0.600. The number of hydrogen-bond acceptors (Lipinski definition) is 3. The van der Waals surface area contributed by atoms with Crippen LogP contribution in [0.2, 0.25) is 0 Å². The lowest BCUT2D eigenvalue weighted by molar-refractivity contribution is 0.953. The van der Waals surface area contributed by atoms with Crippen molar-refractivity contribution in [1.82, 2.24) is 19.5 Å². The van der Waals surface area contributed by atoms with E-state index in [9.17, 15) is 0 Å². The Labute approximate surface area is 237 Å². The van der Waals surface area contributed by atoms with Crippen molar-refractivity contribution < 1.29 is 0 Å². The summed E-state index contributed by atoms with van der Waals surface area (Å²) >= 11 is 0. The molecule has 0 saturated heterocycles. The second-order valence-corrected chi connectivity index (χ2v) is 10.1. The molecule has 0 spiro atoms. The van der Waals surface area contributed by atoms with Gasteiger partial charge in [-0.2, -0.15) is 9.97 Å². The zero-order valence-electron chi connectivity index (χ0n) is 22.1. The molecule has 4 heteroatoms. The number of fused-ring (bicyclic) bond motifs is 5. The van der Waals surface area contributed by atoms with Gasteiger partial charge in [0, 0.05) is 21.9 Å². The van der Waals surface area contributed by atoms with Crippen LogP contribution in [0, 0.1) is 0 Å². The molecule has 0 fully saturated rings. The van der Waals surface area contributed by atoms with Crippen molar-refractivity contribution in [3.63, 3.8) is 0 Å². The molecule has 0 bridgehead atoms. The maximum Gasteiger partial charge on any atom is 0.238 e. The van der Waals surface area contributed by atoms with Crippen molar-refractivity contribution >= 4 is 32.6 Å². The minimum absolute atomic E-state index is 0.600. The van der Waals surface area contributed by atoms with Gasteiger partial charge in [-0.05, 0) is 34.0 Å². The molecular weight excluding hydrogens is 500 g/mol. The van der Waals surface area contributed by atoms with E-state index in [0.29, 0.717) is 17.6 Å². The number of nitrogens with zero attached hydrogens (tertiary/aromatic N) is 4. The highest BCUT2D eigenvalue weighted by Crippen LogP contribution is 2.36. The lowest BCUT2D eigenvalue weighted by Gasteiger charge is -2.11. The molecule has 8 rings (SSSR count). The first-order chi connectivity index (χ1) is 20.3. The van der Waals surface area contributed by atoms with Gasteiger partial charge in [0.15, 0.2) is 11.6 Å². The second kappa shape index (κ2) is 9.54. The number of rotatable bonds is 4. The largest absolute Gasteiger partial charge is 0.278 e.